The van der Waals surface area contributed by atoms with Crippen LogP contribution in [0.25, 0.3) is 11.3 Å². The van der Waals surface area contributed by atoms with Crippen LogP contribution >= 0.6 is 0 Å². The summed E-state index contributed by atoms with van der Waals surface area (Å²) >= 11 is 0. The van der Waals surface area contributed by atoms with E-state index in [-0.39, 0.29) is 6.10 Å². The topological polar surface area (TPSA) is 50.9 Å². The average Bonchev–Trinajstić information content (AvgIpc) is 3.24. The molecule has 2 aliphatic heterocycles. The van der Waals surface area contributed by atoms with Gasteiger partial charge >= 0.3 is 0 Å². The van der Waals surface area contributed by atoms with Crippen molar-refractivity contribution in [1.82, 2.24) is 10.1 Å². The molecule has 0 unspecified atom stereocenters. The van der Waals surface area contributed by atoms with Gasteiger partial charge in [-0.2, -0.15) is 0 Å². The Morgan fingerprint density at radius 2 is 2.16 bits per heavy atom. The fourth-order valence-electron chi connectivity index (χ4n) is 3.37. The molecule has 0 fully saturated rings. The van der Waals surface area contributed by atoms with Crippen molar-refractivity contribution in [3.63, 3.8) is 0 Å². The van der Waals surface area contributed by atoms with Crippen LogP contribution in [0.3, 0.4) is 0 Å². The molecule has 0 radical (unpaired) electrons. The Morgan fingerprint density at radius 3 is 2.92 bits per heavy atom. The number of fused-ring (bicyclic) bond motifs is 1. The van der Waals surface area contributed by atoms with Gasteiger partial charge in [-0.25, -0.2) is 8.78 Å². The molecule has 0 N–H and O–H groups in total. The van der Waals surface area contributed by atoms with Crippen molar-refractivity contribution in [2.24, 2.45) is 5.16 Å². The molecule has 25 heavy (non-hydrogen) atoms. The van der Waals surface area contributed by atoms with E-state index in [4.69, 9.17) is 9.36 Å². The third-order valence-corrected chi connectivity index (χ3v) is 4.76. The minimum atomic E-state index is -0.884. The van der Waals surface area contributed by atoms with Crippen LogP contribution in [0.4, 0.5) is 8.78 Å². The molecule has 0 saturated heterocycles. The van der Waals surface area contributed by atoms with E-state index in [0.29, 0.717) is 17.8 Å². The highest BCUT2D eigenvalue weighted by atomic mass is 19.2. The lowest BCUT2D eigenvalue weighted by Gasteiger charge is -2.27. The number of rotatable bonds is 4. The fourth-order valence-corrected chi connectivity index (χ4v) is 3.37. The monoisotopic (exact) mass is 347 g/mol. The van der Waals surface area contributed by atoms with E-state index in [1.807, 2.05) is 0 Å². The molecule has 7 heteroatoms. The molecule has 4 rings (SSSR count). The van der Waals surface area contributed by atoms with Gasteiger partial charge in [-0.3, -0.25) is 4.90 Å². The van der Waals surface area contributed by atoms with Gasteiger partial charge in [-0.15, -0.1) is 0 Å². The first kappa shape index (κ1) is 16.2. The number of halogens is 2. The van der Waals surface area contributed by atoms with Gasteiger partial charge in [0.25, 0.3) is 0 Å². The van der Waals surface area contributed by atoms with Crippen molar-refractivity contribution < 1.29 is 18.1 Å². The van der Waals surface area contributed by atoms with Crippen molar-refractivity contribution in [3.05, 3.63) is 41.2 Å². The minimum Gasteiger partial charge on any atom is -0.391 e. The molecule has 1 atom stereocenters. The lowest BCUT2D eigenvalue weighted by atomic mass is 10.0. The predicted molar refractivity (Wildman–Crippen MR) is 88.1 cm³/mol. The Labute approximate surface area is 144 Å². The van der Waals surface area contributed by atoms with Crippen molar-refractivity contribution in [2.75, 3.05) is 13.1 Å². The van der Waals surface area contributed by atoms with Crippen LogP contribution in [0, 0.1) is 11.6 Å². The Hall–Kier alpha value is -2.28. The van der Waals surface area contributed by atoms with Gasteiger partial charge in [-0.1, -0.05) is 17.2 Å². The molecular weight excluding hydrogens is 328 g/mol. The normalized spacial score (nSPS) is 20.3. The van der Waals surface area contributed by atoms with Crippen LogP contribution in [0.1, 0.15) is 31.1 Å². The molecule has 2 aromatic rings. The molecule has 0 aliphatic carbocycles. The van der Waals surface area contributed by atoms with Crippen LogP contribution in [0.15, 0.2) is 27.9 Å². The fraction of sp³-hybridized carbons (Fsp3) is 0.444. The molecule has 1 aromatic carbocycles. The minimum absolute atomic E-state index is 0.0723. The van der Waals surface area contributed by atoms with Gasteiger partial charge < -0.3 is 9.36 Å². The molecule has 1 aromatic heterocycles. The van der Waals surface area contributed by atoms with Gasteiger partial charge in [0.2, 0.25) is 0 Å². The van der Waals surface area contributed by atoms with Crippen molar-refractivity contribution in [3.8, 4) is 11.3 Å². The summed E-state index contributed by atoms with van der Waals surface area (Å²) in [4.78, 5) is 7.75. The number of hydrogen-bond acceptors (Lipinski definition) is 5. The lowest BCUT2D eigenvalue weighted by molar-refractivity contribution is 0.0479. The summed E-state index contributed by atoms with van der Waals surface area (Å²) in [5, 5.41) is 8.19. The molecule has 0 saturated carbocycles. The average molecular weight is 347 g/mol. The number of aromatic nitrogens is 1. The first-order chi connectivity index (χ1) is 12.1. The summed E-state index contributed by atoms with van der Waals surface area (Å²) in [5.74, 6) is -0.938. The van der Waals surface area contributed by atoms with E-state index in [2.05, 4.69) is 22.1 Å². The zero-order valence-corrected chi connectivity index (χ0v) is 14.0. The summed E-state index contributed by atoms with van der Waals surface area (Å²) < 4.78 is 32.1. The highest BCUT2D eigenvalue weighted by Crippen LogP contribution is 2.31. The third-order valence-electron chi connectivity index (χ3n) is 4.76. The zero-order chi connectivity index (χ0) is 17.4. The second-order valence-electron chi connectivity index (χ2n) is 6.49. The van der Waals surface area contributed by atoms with E-state index >= 15 is 0 Å². The van der Waals surface area contributed by atoms with Crippen LogP contribution in [-0.2, 0) is 17.8 Å². The van der Waals surface area contributed by atoms with Crippen LogP contribution in [0.2, 0.25) is 0 Å². The largest absolute Gasteiger partial charge is 0.391 e. The molecule has 132 valence electrons. The SMILES string of the molecule is CCC1=NO[C@@H](CN2CCc3onc(-c4ccc(F)c(F)c4)c3C2)C1. The maximum Gasteiger partial charge on any atom is 0.159 e. The van der Waals surface area contributed by atoms with Crippen LogP contribution < -0.4 is 0 Å². The molecule has 0 spiro atoms. The Morgan fingerprint density at radius 1 is 1.28 bits per heavy atom. The van der Waals surface area contributed by atoms with E-state index in [1.165, 1.54) is 6.07 Å². The summed E-state index contributed by atoms with van der Waals surface area (Å²) in [6.07, 6.45) is 2.58. The second-order valence-corrected chi connectivity index (χ2v) is 6.49. The number of oxime groups is 1. The second kappa shape index (κ2) is 6.55. The van der Waals surface area contributed by atoms with Crippen LogP contribution in [0.5, 0.6) is 0 Å². The first-order valence-corrected chi connectivity index (χ1v) is 8.50. The van der Waals surface area contributed by atoms with E-state index < -0.39 is 11.6 Å². The summed E-state index contributed by atoms with van der Waals surface area (Å²) in [6.45, 7) is 4.34. The maximum atomic E-state index is 13.5. The molecule has 2 aliphatic rings. The van der Waals surface area contributed by atoms with Crippen LogP contribution in [-0.4, -0.2) is 35.0 Å². The van der Waals surface area contributed by atoms with Crippen molar-refractivity contribution in [2.45, 2.75) is 38.8 Å². The summed E-state index contributed by atoms with van der Waals surface area (Å²) in [5.41, 5.74) is 3.14. The maximum absolute atomic E-state index is 13.5. The molecular formula is C18H19F2N3O2. The van der Waals surface area contributed by atoms with Gasteiger partial charge in [0.1, 0.15) is 17.6 Å². The summed E-state index contributed by atoms with van der Waals surface area (Å²) in [6, 6.07) is 3.80. The highest BCUT2D eigenvalue weighted by molar-refractivity contribution is 5.85. The standard InChI is InChI=1S/C18H19F2N3O2/c1-2-12-8-13(24-21-12)9-23-6-5-17-14(10-23)18(22-25-17)11-3-4-15(19)16(20)7-11/h3-4,7,13H,2,5-6,8-10H2,1H3/t13-/m1/s1. The zero-order valence-electron chi connectivity index (χ0n) is 14.0. The molecule has 5 nitrogen and oxygen atoms in total. The van der Waals surface area contributed by atoms with Gasteiger partial charge in [0, 0.05) is 43.6 Å². The Bertz CT molecular complexity index is 819. The summed E-state index contributed by atoms with van der Waals surface area (Å²) in [7, 11) is 0. The van der Waals surface area contributed by atoms with E-state index in [0.717, 1.165) is 61.5 Å². The van der Waals surface area contributed by atoms with Crippen molar-refractivity contribution in [1.29, 1.82) is 0 Å². The molecule has 0 bridgehead atoms. The number of nitrogens with zero attached hydrogens (tertiary/aromatic N) is 3. The molecule has 3 heterocycles. The van der Waals surface area contributed by atoms with Gasteiger partial charge in [0.05, 0.1) is 5.71 Å². The molecule has 0 amide bonds. The lowest BCUT2D eigenvalue weighted by Crippen LogP contribution is -2.36. The predicted octanol–water partition coefficient (Wildman–Crippen LogP) is 3.53. The van der Waals surface area contributed by atoms with Gasteiger partial charge in [-0.05, 0) is 24.6 Å². The highest BCUT2D eigenvalue weighted by Gasteiger charge is 2.29. The van der Waals surface area contributed by atoms with Gasteiger partial charge in [0.15, 0.2) is 11.6 Å². The third kappa shape index (κ3) is 3.16. The number of benzene rings is 1. The Kier molecular flexibility index (Phi) is 4.25. The van der Waals surface area contributed by atoms with Crippen molar-refractivity contribution >= 4 is 5.71 Å². The number of hydrogen-bond donors (Lipinski definition) is 0. The quantitative estimate of drug-likeness (QED) is 0.849. The smallest absolute Gasteiger partial charge is 0.159 e. The van der Waals surface area contributed by atoms with E-state index in [9.17, 15) is 8.78 Å². The Balaban J connectivity index is 1.51. The van der Waals surface area contributed by atoms with E-state index in [1.54, 1.807) is 0 Å². The first-order valence-electron chi connectivity index (χ1n) is 8.50.